The van der Waals surface area contributed by atoms with Crippen molar-refractivity contribution in [1.82, 2.24) is 19.5 Å². The summed E-state index contributed by atoms with van der Waals surface area (Å²) in [6.07, 6.45) is 4.57. The number of halogens is 1. The van der Waals surface area contributed by atoms with Gasteiger partial charge in [-0.25, -0.2) is 15.0 Å². The normalized spacial score (nSPS) is 11.0. The van der Waals surface area contributed by atoms with Crippen molar-refractivity contribution in [1.29, 1.82) is 0 Å². The fourth-order valence-electron chi connectivity index (χ4n) is 1.72. The molecule has 102 valence electrons. The average molecular weight is 280 g/mol. The molecule has 2 aromatic heterocycles. The molecule has 5 nitrogen and oxygen atoms in total. The van der Waals surface area contributed by atoms with Crippen molar-refractivity contribution in [2.75, 3.05) is 11.9 Å². The lowest BCUT2D eigenvalue weighted by Gasteiger charge is -2.09. The molecule has 2 rings (SSSR count). The Bertz CT molecular complexity index is 550. The van der Waals surface area contributed by atoms with E-state index >= 15 is 0 Å². The summed E-state index contributed by atoms with van der Waals surface area (Å²) in [7, 11) is 1.99. The van der Waals surface area contributed by atoms with Crippen LogP contribution in [-0.4, -0.2) is 26.1 Å². The molecular weight excluding hydrogens is 262 g/mol. The van der Waals surface area contributed by atoms with E-state index in [1.165, 1.54) is 0 Å². The van der Waals surface area contributed by atoms with E-state index in [9.17, 15) is 0 Å². The highest BCUT2D eigenvalue weighted by molar-refractivity contribution is 6.29. The van der Waals surface area contributed by atoms with Crippen LogP contribution in [0.3, 0.4) is 0 Å². The van der Waals surface area contributed by atoms with Crippen LogP contribution in [0.4, 0.5) is 5.82 Å². The van der Waals surface area contributed by atoms with Crippen LogP contribution in [0.5, 0.6) is 0 Å². The standard InChI is InChI=1S/C13H18ClN5/c1-9(2)13-17-10(14)8-11(18-13)15-5-4-12-16-6-7-19(12)3/h6-9H,4-5H2,1-3H3,(H,15,17,18). The zero-order valence-electron chi connectivity index (χ0n) is 11.4. The zero-order valence-corrected chi connectivity index (χ0v) is 12.1. The van der Waals surface area contributed by atoms with Crippen LogP contribution >= 0.6 is 11.6 Å². The number of nitrogens with zero attached hydrogens (tertiary/aromatic N) is 4. The van der Waals surface area contributed by atoms with Gasteiger partial charge in [-0.1, -0.05) is 25.4 Å². The molecule has 6 heteroatoms. The number of imidazole rings is 1. The monoisotopic (exact) mass is 279 g/mol. The van der Waals surface area contributed by atoms with E-state index in [4.69, 9.17) is 11.6 Å². The van der Waals surface area contributed by atoms with Crippen molar-refractivity contribution in [3.63, 3.8) is 0 Å². The van der Waals surface area contributed by atoms with E-state index in [1.54, 1.807) is 12.3 Å². The van der Waals surface area contributed by atoms with Crippen molar-refractivity contribution in [2.24, 2.45) is 7.05 Å². The van der Waals surface area contributed by atoms with Crippen LogP contribution in [0.1, 0.15) is 31.4 Å². The Kier molecular flexibility index (Phi) is 4.37. The molecule has 0 aliphatic rings. The lowest BCUT2D eigenvalue weighted by molar-refractivity contribution is 0.768. The predicted molar refractivity (Wildman–Crippen MR) is 76.5 cm³/mol. The molecule has 0 spiro atoms. The van der Waals surface area contributed by atoms with Gasteiger partial charge in [0.05, 0.1) is 0 Å². The minimum Gasteiger partial charge on any atom is -0.369 e. The third-order valence-corrected chi connectivity index (χ3v) is 3.00. The molecule has 0 amide bonds. The molecule has 0 fully saturated rings. The molecule has 0 aromatic carbocycles. The first-order valence-electron chi connectivity index (χ1n) is 6.31. The van der Waals surface area contributed by atoms with Gasteiger partial charge >= 0.3 is 0 Å². The van der Waals surface area contributed by atoms with Crippen LogP contribution in [0.2, 0.25) is 5.15 Å². The van der Waals surface area contributed by atoms with Crippen LogP contribution in [0.15, 0.2) is 18.5 Å². The fourth-order valence-corrected chi connectivity index (χ4v) is 1.91. The Balaban J connectivity index is 1.98. The molecule has 0 radical (unpaired) electrons. The van der Waals surface area contributed by atoms with E-state index in [-0.39, 0.29) is 5.92 Å². The highest BCUT2D eigenvalue weighted by Gasteiger charge is 2.07. The average Bonchev–Trinajstić information content (AvgIpc) is 2.74. The third kappa shape index (κ3) is 3.67. The first-order valence-corrected chi connectivity index (χ1v) is 6.68. The Morgan fingerprint density at radius 2 is 2.16 bits per heavy atom. The van der Waals surface area contributed by atoms with E-state index in [0.29, 0.717) is 5.15 Å². The molecule has 0 atom stereocenters. The number of rotatable bonds is 5. The molecule has 0 bridgehead atoms. The molecule has 19 heavy (non-hydrogen) atoms. The lowest BCUT2D eigenvalue weighted by Crippen LogP contribution is -2.11. The maximum atomic E-state index is 5.99. The summed E-state index contributed by atoms with van der Waals surface area (Å²) < 4.78 is 2.01. The van der Waals surface area contributed by atoms with Gasteiger partial charge in [0.2, 0.25) is 0 Å². The summed E-state index contributed by atoms with van der Waals surface area (Å²) in [4.78, 5) is 12.9. The Hall–Kier alpha value is -1.62. The van der Waals surface area contributed by atoms with Gasteiger partial charge in [0.25, 0.3) is 0 Å². The zero-order chi connectivity index (χ0) is 13.8. The maximum Gasteiger partial charge on any atom is 0.135 e. The smallest absolute Gasteiger partial charge is 0.135 e. The van der Waals surface area contributed by atoms with E-state index in [0.717, 1.165) is 30.4 Å². The Morgan fingerprint density at radius 1 is 1.37 bits per heavy atom. The summed E-state index contributed by atoms with van der Waals surface area (Å²) in [5.74, 6) is 2.82. The van der Waals surface area contributed by atoms with Gasteiger partial charge in [0.1, 0.15) is 22.6 Å². The highest BCUT2D eigenvalue weighted by Crippen LogP contribution is 2.16. The summed E-state index contributed by atoms with van der Waals surface area (Å²) >= 11 is 5.99. The minimum atomic E-state index is 0.258. The topological polar surface area (TPSA) is 55.6 Å². The van der Waals surface area contributed by atoms with E-state index in [2.05, 4.69) is 20.3 Å². The van der Waals surface area contributed by atoms with Crippen molar-refractivity contribution in [2.45, 2.75) is 26.2 Å². The molecule has 0 saturated carbocycles. The predicted octanol–water partition coefficient (Wildman–Crippen LogP) is 2.64. The number of aryl methyl sites for hydroxylation is 1. The van der Waals surface area contributed by atoms with Crippen LogP contribution in [0.25, 0.3) is 0 Å². The number of nitrogens with one attached hydrogen (secondary N) is 1. The van der Waals surface area contributed by atoms with Gasteiger partial charge in [0.15, 0.2) is 0 Å². The molecule has 2 heterocycles. The molecule has 0 aliphatic carbocycles. The SMILES string of the molecule is CC(C)c1nc(Cl)cc(NCCc2nccn2C)n1. The molecule has 1 N–H and O–H groups in total. The summed E-state index contributed by atoms with van der Waals surface area (Å²) in [6.45, 7) is 4.85. The van der Waals surface area contributed by atoms with Gasteiger partial charge in [-0.3, -0.25) is 0 Å². The second-order valence-electron chi connectivity index (χ2n) is 4.72. The molecule has 0 unspecified atom stereocenters. The first kappa shape index (κ1) is 13.8. The Labute approximate surface area is 118 Å². The number of hydrogen-bond acceptors (Lipinski definition) is 4. The number of aromatic nitrogens is 4. The maximum absolute atomic E-state index is 5.99. The second-order valence-corrected chi connectivity index (χ2v) is 5.11. The second kappa shape index (κ2) is 6.02. The summed E-state index contributed by atoms with van der Waals surface area (Å²) in [5.41, 5.74) is 0. The van der Waals surface area contributed by atoms with Crippen LogP contribution in [0, 0.1) is 0 Å². The van der Waals surface area contributed by atoms with E-state index < -0.39 is 0 Å². The molecule has 0 aliphatic heterocycles. The largest absolute Gasteiger partial charge is 0.369 e. The fraction of sp³-hybridized carbons (Fsp3) is 0.462. The lowest BCUT2D eigenvalue weighted by atomic mass is 10.2. The highest BCUT2D eigenvalue weighted by atomic mass is 35.5. The quantitative estimate of drug-likeness (QED) is 0.855. The number of hydrogen-bond donors (Lipinski definition) is 1. The molecule has 0 saturated heterocycles. The number of anilines is 1. The summed E-state index contributed by atoms with van der Waals surface area (Å²) in [6, 6.07) is 1.74. The molecular formula is C13H18ClN5. The van der Waals surface area contributed by atoms with Crippen molar-refractivity contribution in [3.8, 4) is 0 Å². The first-order chi connectivity index (χ1) is 9.06. The van der Waals surface area contributed by atoms with Gasteiger partial charge < -0.3 is 9.88 Å². The van der Waals surface area contributed by atoms with Crippen molar-refractivity contribution < 1.29 is 0 Å². The minimum absolute atomic E-state index is 0.258. The van der Waals surface area contributed by atoms with Crippen LogP contribution < -0.4 is 5.32 Å². The van der Waals surface area contributed by atoms with Gasteiger partial charge in [-0.05, 0) is 0 Å². The van der Waals surface area contributed by atoms with Crippen molar-refractivity contribution in [3.05, 3.63) is 35.3 Å². The van der Waals surface area contributed by atoms with Gasteiger partial charge in [-0.15, -0.1) is 0 Å². The molecule has 2 aromatic rings. The third-order valence-electron chi connectivity index (χ3n) is 2.80. The van der Waals surface area contributed by atoms with Crippen molar-refractivity contribution >= 4 is 17.4 Å². The van der Waals surface area contributed by atoms with Gasteiger partial charge in [-0.2, -0.15) is 0 Å². The Morgan fingerprint density at radius 3 is 2.79 bits per heavy atom. The summed E-state index contributed by atoms with van der Waals surface area (Å²) in [5, 5.41) is 3.73. The van der Waals surface area contributed by atoms with Gasteiger partial charge in [0, 0.05) is 44.4 Å². The van der Waals surface area contributed by atoms with Crippen LogP contribution in [-0.2, 0) is 13.5 Å². The van der Waals surface area contributed by atoms with E-state index in [1.807, 2.05) is 31.7 Å².